The van der Waals surface area contributed by atoms with Crippen LogP contribution in [-0.4, -0.2) is 24.9 Å². The Labute approximate surface area is 108 Å². The number of benzene rings is 1. The maximum absolute atomic E-state index is 5.25. The molecule has 94 valence electrons. The monoisotopic (exact) mass is 251 g/mol. The van der Waals surface area contributed by atoms with Crippen LogP contribution in [0, 0.1) is 0 Å². The molecule has 0 radical (unpaired) electrons. The molecular formula is C14H21NOS. The highest BCUT2D eigenvalue weighted by Crippen LogP contribution is 2.35. The summed E-state index contributed by atoms with van der Waals surface area (Å²) < 4.78 is 5.25. The summed E-state index contributed by atoms with van der Waals surface area (Å²) in [5.41, 5.74) is 0. The first-order chi connectivity index (χ1) is 8.31. The van der Waals surface area contributed by atoms with Gasteiger partial charge in [-0.15, -0.1) is 11.8 Å². The van der Waals surface area contributed by atoms with Gasteiger partial charge in [0.05, 0.1) is 7.11 Å². The van der Waals surface area contributed by atoms with E-state index in [9.17, 15) is 0 Å². The highest BCUT2D eigenvalue weighted by atomic mass is 32.2. The highest BCUT2D eigenvalue weighted by Gasteiger charge is 2.24. The van der Waals surface area contributed by atoms with E-state index in [4.69, 9.17) is 4.74 Å². The van der Waals surface area contributed by atoms with Crippen molar-refractivity contribution in [2.45, 2.75) is 42.4 Å². The molecule has 0 amide bonds. The summed E-state index contributed by atoms with van der Waals surface area (Å²) in [7, 11) is 1.72. The molecule has 1 aliphatic rings. The molecule has 0 saturated heterocycles. The molecule has 3 heteroatoms. The van der Waals surface area contributed by atoms with E-state index >= 15 is 0 Å². The van der Waals surface area contributed by atoms with Crippen LogP contribution in [0.25, 0.3) is 0 Å². The average Bonchev–Trinajstić information content (AvgIpc) is 2.77. The van der Waals surface area contributed by atoms with Crippen LogP contribution in [0.2, 0.25) is 0 Å². The molecule has 0 aromatic heterocycles. The predicted octanol–water partition coefficient (Wildman–Crippen LogP) is 3.32. The summed E-state index contributed by atoms with van der Waals surface area (Å²) in [5, 5.41) is 4.30. The van der Waals surface area contributed by atoms with Crippen molar-refractivity contribution in [3.63, 3.8) is 0 Å². The summed E-state index contributed by atoms with van der Waals surface area (Å²) in [4.78, 5) is 1.33. The van der Waals surface area contributed by atoms with Gasteiger partial charge in [-0.1, -0.05) is 13.0 Å². The molecule has 0 spiro atoms. The Morgan fingerprint density at radius 1 is 1.41 bits per heavy atom. The number of ether oxygens (including phenoxy) is 1. The molecule has 2 unspecified atom stereocenters. The zero-order valence-corrected chi connectivity index (χ0v) is 11.4. The molecule has 17 heavy (non-hydrogen) atoms. The second-order valence-corrected chi connectivity index (χ2v) is 5.86. The lowest BCUT2D eigenvalue weighted by Gasteiger charge is -2.12. The number of hydrogen-bond donors (Lipinski definition) is 1. The highest BCUT2D eigenvalue weighted by molar-refractivity contribution is 8.00. The van der Waals surface area contributed by atoms with Crippen molar-refractivity contribution >= 4 is 11.8 Å². The summed E-state index contributed by atoms with van der Waals surface area (Å²) in [5.74, 6) is 0.955. The van der Waals surface area contributed by atoms with Gasteiger partial charge < -0.3 is 10.1 Å². The molecule has 1 aromatic rings. The number of hydrogen-bond acceptors (Lipinski definition) is 3. The second-order valence-electron chi connectivity index (χ2n) is 4.49. The van der Waals surface area contributed by atoms with Crippen LogP contribution in [0.5, 0.6) is 5.75 Å². The second kappa shape index (κ2) is 6.31. The minimum Gasteiger partial charge on any atom is -0.497 e. The number of rotatable bonds is 5. The lowest BCUT2D eigenvalue weighted by Crippen LogP contribution is -2.26. The molecule has 0 heterocycles. The molecule has 0 bridgehead atoms. The van der Waals surface area contributed by atoms with Crippen molar-refractivity contribution in [3.05, 3.63) is 24.3 Å². The Bertz CT molecular complexity index is 356. The van der Waals surface area contributed by atoms with Crippen LogP contribution < -0.4 is 10.1 Å². The molecule has 0 aliphatic heterocycles. The molecule has 2 atom stereocenters. The van der Waals surface area contributed by atoms with E-state index in [0.717, 1.165) is 23.6 Å². The summed E-state index contributed by atoms with van der Waals surface area (Å²) >= 11 is 1.99. The van der Waals surface area contributed by atoms with Crippen molar-refractivity contribution < 1.29 is 4.74 Å². The van der Waals surface area contributed by atoms with Crippen LogP contribution in [0.3, 0.4) is 0 Å². The normalized spacial score (nSPS) is 23.9. The summed E-state index contributed by atoms with van der Waals surface area (Å²) in [6.07, 6.45) is 3.92. The minimum atomic E-state index is 0.725. The molecule has 1 aliphatic carbocycles. The maximum Gasteiger partial charge on any atom is 0.119 e. The Morgan fingerprint density at radius 3 is 3.06 bits per heavy atom. The standard InChI is InChI=1S/C14H21NOS/c1-3-15-11-7-8-14(9-11)17-13-6-4-5-12(10-13)16-2/h4-6,10-11,14-15H,3,7-9H2,1-2H3. The zero-order chi connectivity index (χ0) is 12.1. The van der Waals surface area contributed by atoms with Gasteiger partial charge in [0.15, 0.2) is 0 Å². The fourth-order valence-electron chi connectivity index (χ4n) is 2.39. The largest absolute Gasteiger partial charge is 0.497 e. The van der Waals surface area contributed by atoms with E-state index in [1.165, 1.54) is 24.2 Å². The number of nitrogens with one attached hydrogen (secondary N) is 1. The molecule has 1 saturated carbocycles. The zero-order valence-electron chi connectivity index (χ0n) is 10.6. The van der Waals surface area contributed by atoms with E-state index < -0.39 is 0 Å². The Balaban J connectivity index is 1.88. The lowest BCUT2D eigenvalue weighted by atomic mass is 10.2. The van der Waals surface area contributed by atoms with Gasteiger partial charge in [-0.3, -0.25) is 0 Å². The Morgan fingerprint density at radius 2 is 2.29 bits per heavy atom. The summed E-state index contributed by atoms with van der Waals surface area (Å²) in [6, 6.07) is 9.10. The van der Waals surface area contributed by atoms with Gasteiger partial charge in [0, 0.05) is 16.2 Å². The van der Waals surface area contributed by atoms with Gasteiger partial charge in [-0.05, 0) is 44.0 Å². The van der Waals surface area contributed by atoms with Gasteiger partial charge in [0.25, 0.3) is 0 Å². The Hall–Kier alpha value is -0.670. The van der Waals surface area contributed by atoms with Gasteiger partial charge in [-0.25, -0.2) is 0 Å². The van der Waals surface area contributed by atoms with Crippen molar-refractivity contribution in [2.75, 3.05) is 13.7 Å². The first kappa shape index (κ1) is 12.8. The maximum atomic E-state index is 5.25. The van der Waals surface area contributed by atoms with Crippen molar-refractivity contribution in [1.82, 2.24) is 5.32 Å². The fraction of sp³-hybridized carbons (Fsp3) is 0.571. The average molecular weight is 251 g/mol. The molecule has 2 rings (SSSR count). The predicted molar refractivity (Wildman–Crippen MR) is 74.0 cm³/mol. The molecular weight excluding hydrogens is 230 g/mol. The van der Waals surface area contributed by atoms with Gasteiger partial charge in [0.2, 0.25) is 0 Å². The molecule has 1 N–H and O–H groups in total. The SMILES string of the molecule is CCNC1CCC(Sc2cccc(OC)c2)C1. The van der Waals surface area contributed by atoms with Crippen LogP contribution >= 0.6 is 11.8 Å². The fourth-order valence-corrected chi connectivity index (χ4v) is 3.70. The molecule has 2 nitrogen and oxygen atoms in total. The topological polar surface area (TPSA) is 21.3 Å². The van der Waals surface area contributed by atoms with Crippen LogP contribution in [-0.2, 0) is 0 Å². The summed E-state index contributed by atoms with van der Waals surface area (Å²) in [6.45, 7) is 3.27. The number of methoxy groups -OCH3 is 1. The Kier molecular flexibility index (Phi) is 4.75. The third kappa shape index (κ3) is 3.65. The lowest BCUT2D eigenvalue weighted by molar-refractivity contribution is 0.413. The molecule has 1 fully saturated rings. The molecule has 1 aromatic carbocycles. The smallest absolute Gasteiger partial charge is 0.119 e. The van der Waals surface area contributed by atoms with Crippen molar-refractivity contribution in [2.24, 2.45) is 0 Å². The first-order valence-corrected chi connectivity index (χ1v) is 7.24. The third-order valence-corrected chi connectivity index (χ3v) is 4.51. The quantitative estimate of drug-likeness (QED) is 0.867. The van der Waals surface area contributed by atoms with E-state index in [-0.39, 0.29) is 0 Å². The first-order valence-electron chi connectivity index (χ1n) is 6.36. The van der Waals surface area contributed by atoms with Crippen molar-refractivity contribution in [1.29, 1.82) is 0 Å². The van der Waals surface area contributed by atoms with Crippen LogP contribution in [0.4, 0.5) is 0 Å². The van der Waals surface area contributed by atoms with Gasteiger partial charge in [0.1, 0.15) is 5.75 Å². The van der Waals surface area contributed by atoms with Crippen LogP contribution in [0.15, 0.2) is 29.2 Å². The van der Waals surface area contributed by atoms with Crippen molar-refractivity contribution in [3.8, 4) is 5.75 Å². The van der Waals surface area contributed by atoms with E-state index in [2.05, 4.69) is 30.4 Å². The minimum absolute atomic E-state index is 0.725. The van der Waals surface area contributed by atoms with Gasteiger partial charge in [-0.2, -0.15) is 0 Å². The van der Waals surface area contributed by atoms with E-state index in [1.54, 1.807) is 7.11 Å². The van der Waals surface area contributed by atoms with E-state index in [0.29, 0.717) is 0 Å². The van der Waals surface area contributed by atoms with Crippen LogP contribution in [0.1, 0.15) is 26.2 Å². The van der Waals surface area contributed by atoms with E-state index in [1.807, 2.05) is 17.8 Å². The van der Waals surface area contributed by atoms with Gasteiger partial charge >= 0.3 is 0 Å². The number of thioether (sulfide) groups is 1. The third-order valence-electron chi connectivity index (χ3n) is 3.22.